The summed E-state index contributed by atoms with van der Waals surface area (Å²) in [6, 6.07) is 0. The van der Waals surface area contributed by atoms with Crippen molar-refractivity contribution in [1.29, 1.82) is 0 Å². The highest BCUT2D eigenvalue weighted by Gasteiger charge is 2.59. The van der Waals surface area contributed by atoms with Crippen LogP contribution in [-0.4, -0.2) is 59.6 Å². The second-order valence-electron chi connectivity index (χ2n) is 5.97. The zero-order valence-corrected chi connectivity index (χ0v) is 11.5. The predicted molar refractivity (Wildman–Crippen MR) is 73.1 cm³/mol. The van der Waals surface area contributed by atoms with Crippen molar-refractivity contribution in [3.05, 3.63) is 0 Å². The molecule has 6 N–H and O–H groups in total. The molecule has 8 heteroatoms. The quantitative estimate of drug-likeness (QED) is 0.388. The summed E-state index contributed by atoms with van der Waals surface area (Å²) in [5.74, 6) is -0.918. The Balaban J connectivity index is 2.10. The van der Waals surface area contributed by atoms with Gasteiger partial charge in [-0.2, -0.15) is 0 Å². The van der Waals surface area contributed by atoms with E-state index in [4.69, 9.17) is 20.5 Å². The van der Waals surface area contributed by atoms with Gasteiger partial charge in [-0.25, -0.2) is 0 Å². The number of hydrogen-bond donors (Lipinski definition) is 5. The molecule has 2 heterocycles. The highest BCUT2D eigenvalue weighted by atomic mass is 16.5. The van der Waals surface area contributed by atoms with Crippen LogP contribution in [0.15, 0.2) is 0 Å². The Labute approximate surface area is 118 Å². The van der Waals surface area contributed by atoms with Crippen LogP contribution in [0.3, 0.4) is 0 Å². The van der Waals surface area contributed by atoms with E-state index in [0.717, 1.165) is 13.0 Å². The third-order valence-electron chi connectivity index (χ3n) is 4.57. The van der Waals surface area contributed by atoms with Gasteiger partial charge in [-0.3, -0.25) is 4.79 Å². The van der Waals surface area contributed by atoms with Crippen molar-refractivity contribution in [1.82, 2.24) is 5.32 Å². The van der Waals surface area contributed by atoms with Crippen molar-refractivity contribution in [2.75, 3.05) is 19.6 Å². The van der Waals surface area contributed by atoms with Crippen molar-refractivity contribution in [3.8, 4) is 0 Å². The highest BCUT2D eigenvalue weighted by molar-refractivity contribution is 6.40. The molecule has 0 saturated carbocycles. The maximum absolute atomic E-state index is 11.7. The standard InChI is InChI=1S/C12H23BN2O5/c14-7-12(10(16)17)6-11(3-5-15-8-11)20-9(12)2-1-4-13(18)19/h9,15,18-19H,1-8,14H2,(H,16,17). The zero-order valence-electron chi connectivity index (χ0n) is 11.5. The molecule has 0 bridgehead atoms. The summed E-state index contributed by atoms with van der Waals surface area (Å²) in [7, 11) is -1.37. The molecule has 20 heavy (non-hydrogen) atoms. The van der Waals surface area contributed by atoms with Gasteiger partial charge in [0.1, 0.15) is 5.41 Å². The van der Waals surface area contributed by atoms with Crippen molar-refractivity contribution < 1.29 is 24.7 Å². The summed E-state index contributed by atoms with van der Waals surface area (Å²) >= 11 is 0. The Bertz CT molecular complexity index is 362. The van der Waals surface area contributed by atoms with Gasteiger partial charge in [-0.1, -0.05) is 6.42 Å². The van der Waals surface area contributed by atoms with Crippen molar-refractivity contribution >= 4 is 13.1 Å². The molecule has 114 valence electrons. The van der Waals surface area contributed by atoms with Crippen LogP contribution in [0.2, 0.25) is 6.32 Å². The molecule has 3 unspecified atom stereocenters. The van der Waals surface area contributed by atoms with E-state index in [1.807, 2.05) is 0 Å². The second-order valence-corrected chi connectivity index (χ2v) is 5.97. The minimum Gasteiger partial charge on any atom is -0.481 e. The van der Waals surface area contributed by atoms with Gasteiger partial charge in [0.25, 0.3) is 0 Å². The van der Waals surface area contributed by atoms with Crippen LogP contribution < -0.4 is 11.1 Å². The van der Waals surface area contributed by atoms with Gasteiger partial charge >= 0.3 is 13.1 Å². The Kier molecular flexibility index (Phi) is 4.71. The van der Waals surface area contributed by atoms with E-state index < -0.39 is 30.2 Å². The molecule has 7 nitrogen and oxygen atoms in total. The highest BCUT2D eigenvalue weighted by Crippen LogP contribution is 2.48. The average molecular weight is 286 g/mol. The lowest BCUT2D eigenvalue weighted by Crippen LogP contribution is -2.45. The van der Waals surface area contributed by atoms with E-state index in [0.29, 0.717) is 25.8 Å². The number of carboxylic acid groups (broad SMARTS) is 1. The van der Waals surface area contributed by atoms with E-state index in [2.05, 4.69) is 5.32 Å². The Hall–Kier alpha value is -0.665. The van der Waals surface area contributed by atoms with Crippen LogP contribution >= 0.6 is 0 Å². The number of carboxylic acids is 1. The zero-order chi connectivity index (χ0) is 14.8. The van der Waals surface area contributed by atoms with Crippen LogP contribution in [0.4, 0.5) is 0 Å². The first-order valence-electron chi connectivity index (χ1n) is 7.12. The summed E-state index contributed by atoms with van der Waals surface area (Å²) in [6.45, 7) is 1.51. The summed E-state index contributed by atoms with van der Waals surface area (Å²) < 4.78 is 6.07. The second kappa shape index (κ2) is 5.99. The third kappa shape index (κ3) is 2.84. The summed E-state index contributed by atoms with van der Waals surface area (Å²) in [4.78, 5) is 11.7. The van der Waals surface area contributed by atoms with Crippen LogP contribution in [0, 0.1) is 5.41 Å². The minimum atomic E-state index is -1.37. The largest absolute Gasteiger partial charge is 0.481 e. The van der Waals surface area contributed by atoms with Crippen LogP contribution in [0.25, 0.3) is 0 Å². The van der Waals surface area contributed by atoms with E-state index in [1.54, 1.807) is 0 Å². The Morgan fingerprint density at radius 3 is 2.75 bits per heavy atom. The molecule has 1 spiro atoms. The summed E-state index contributed by atoms with van der Waals surface area (Å²) in [6.07, 6.45) is 1.94. The van der Waals surface area contributed by atoms with Crippen LogP contribution in [-0.2, 0) is 9.53 Å². The number of ether oxygens (including phenoxy) is 1. The Morgan fingerprint density at radius 1 is 1.50 bits per heavy atom. The van der Waals surface area contributed by atoms with E-state index in [1.165, 1.54) is 0 Å². The number of nitrogens with one attached hydrogen (secondary N) is 1. The van der Waals surface area contributed by atoms with Gasteiger partial charge in [-0.15, -0.1) is 0 Å². The molecule has 0 aromatic heterocycles. The lowest BCUT2D eigenvalue weighted by Gasteiger charge is -2.28. The molecule has 0 aromatic carbocycles. The average Bonchev–Trinajstić information content (AvgIpc) is 2.95. The smallest absolute Gasteiger partial charge is 0.451 e. The maximum atomic E-state index is 11.7. The molecule has 2 saturated heterocycles. The van der Waals surface area contributed by atoms with E-state index >= 15 is 0 Å². The SMILES string of the molecule is NCC1(C(=O)O)CC2(CCNC2)OC1CCCB(O)O. The lowest BCUT2D eigenvalue weighted by molar-refractivity contribution is -0.152. The minimum absolute atomic E-state index is 0.0381. The number of nitrogens with two attached hydrogens (primary N) is 1. The molecule has 2 rings (SSSR count). The summed E-state index contributed by atoms with van der Waals surface area (Å²) in [5, 5.41) is 30.6. The Morgan fingerprint density at radius 2 is 2.25 bits per heavy atom. The first kappa shape index (κ1) is 15.7. The molecule has 0 aromatic rings. The van der Waals surface area contributed by atoms with Crippen LogP contribution in [0.5, 0.6) is 0 Å². The molecule has 2 fully saturated rings. The fraction of sp³-hybridized carbons (Fsp3) is 0.917. The fourth-order valence-electron chi connectivity index (χ4n) is 3.44. The van der Waals surface area contributed by atoms with Gasteiger partial charge in [0, 0.05) is 13.1 Å². The number of rotatable bonds is 6. The van der Waals surface area contributed by atoms with Crippen LogP contribution in [0.1, 0.15) is 25.7 Å². The fourth-order valence-corrected chi connectivity index (χ4v) is 3.44. The van der Waals surface area contributed by atoms with Crippen molar-refractivity contribution in [3.63, 3.8) is 0 Å². The third-order valence-corrected chi connectivity index (χ3v) is 4.57. The monoisotopic (exact) mass is 286 g/mol. The molecule has 0 amide bonds. The molecule has 3 atom stereocenters. The first-order chi connectivity index (χ1) is 9.44. The van der Waals surface area contributed by atoms with Crippen molar-refractivity contribution in [2.24, 2.45) is 11.1 Å². The molecule has 0 aliphatic carbocycles. The van der Waals surface area contributed by atoms with E-state index in [9.17, 15) is 9.90 Å². The van der Waals surface area contributed by atoms with Gasteiger partial charge in [0.15, 0.2) is 0 Å². The molecular formula is C12H23BN2O5. The van der Waals surface area contributed by atoms with Gasteiger partial charge < -0.3 is 30.9 Å². The number of hydrogen-bond acceptors (Lipinski definition) is 6. The normalized spacial score (nSPS) is 36.6. The van der Waals surface area contributed by atoms with Gasteiger partial charge in [0.05, 0.1) is 11.7 Å². The molecule has 0 radical (unpaired) electrons. The number of aliphatic carboxylic acids is 1. The van der Waals surface area contributed by atoms with Gasteiger partial charge in [0.2, 0.25) is 0 Å². The molecule has 2 aliphatic heterocycles. The number of carbonyl (C=O) groups is 1. The first-order valence-corrected chi connectivity index (χ1v) is 7.12. The molecule has 2 aliphatic rings. The topological polar surface area (TPSA) is 125 Å². The van der Waals surface area contributed by atoms with E-state index in [-0.39, 0.29) is 12.9 Å². The maximum Gasteiger partial charge on any atom is 0.451 e. The van der Waals surface area contributed by atoms with Gasteiger partial charge in [-0.05, 0) is 32.1 Å². The predicted octanol–water partition coefficient (Wildman–Crippen LogP) is -1.21. The lowest BCUT2D eigenvalue weighted by atomic mass is 9.74. The van der Waals surface area contributed by atoms with Crippen molar-refractivity contribution in [2.45, 2.75) is 43.7 Å². The molecular weight excluding hydrogens is 263 g/mol. The summed E-state index contributed by atoms with van der Waals surface area (Å²) in [5.41, 5.74) is 4.27.